The lowest BCUT2D eigenvalue weighted by molar-refractivity contribution is -0.171. The maximum atomic E-state index is 12.0. The molecule has 1 aromatic rings. The smallest absolute Gasteiger partial charge is 0.328 e. The molecule has 0 aliphatic carbocycles. The molecular formula is C14H14N2O4. The van der Waals surface area contributed by atoms with Gasteiger partial charge in [0.05, 0.1) is 17.7 Å². The molecule has 0 bridgehead atoms. The number of hydroxylamine groups is 2. The molecule has 0 saturated carbocycles. The third-order valence-corrected chi connectivity index (χ3v) is 3.74. The van der Waals surface area contributed by atoms with Crippen molar-refractivity contribution in [3.8, 4) is 0 Å². The van der Waals surface area contributed by atoms with Crippen LogP contribution in [0.5, 0.6) is 0 Å². The predicted molar refractivity (Wildman–Crippen MR) is 68.7 cm³/mol. The average molecular weight is 274 g/mol. The van der Waals surface area contributed by atoms with Gasteiger partial charge in [0.15, 0.2) is 0 Å². The number of imide groups is 1. The summed E-state index contributed by atoms with van der Waals surface area (Å²) in [5.41, 5.74) is 0.533. The molecule has 0 N–H and O–H groups in total. The van der Waals surface area contributed by atoms with Crippen LogP contribution in [0.3, 0.4) is 0 Å². The van der Waals surface area contributed by atoms with Crippen LogP contribution >= 0.6 is 0 Å². The van der Waals surface area contributed by atoms with E-state index in [2.05, 4.69) is 0 Å². The molecule has 0 spiro atoms. The summed E-state index contributed by atoms with van der Waals surface area (Å²) in [5, 5.41) is 0.553. The van der Waals surface area contributed by atoms with Crippen LogP contribution in [-0.2, 0) is 9.63 Å². The van der Waals surface area contributed by atoms with Crippen LogP contribution in [0.2, 0.25) is 0 Å². The first-order valence-corrected chi connectivity index (χ1v) is 6.50. The molecule has 1 saturated heterocycles. The molecular weight excluding hydrogens is 260 g/mol. The normalized spacial score (nSPS) is 21.6. The van der Waals surface area contributed by atoms with Gasteiger partial charge < -0.3 is 4.84 Å². The van der Waals surface area contributed by atoms with E-state index in [1.807, 2.05) is 11.8 Å². The SMILES string of the molecule is CC1CCN1CC(=O)ON1C(=O)c2ccccc2C1=O. The van der Waals surface area contributed by atoms with E-state index in [4.69, 9.17) is 4.84 Å². The van der Waals surface area contributed by atoms with Crippen molar-refractivity contribution >= 4 is 17.8 Å². The van der Waals surface area contributed by atoms with E-state index < -0.39 is 17.8 Å². The Bertz CT molecular complexity index is 564. The largest absolute Gasteiger partial charge is 0.347 e. The van der Waals surface area contributed by atoms with Crippen LogP contribution in [0.15, 0.2) is 24.3 Å². The van der Waals surface area contributed by atoms with Crippen LogP contribution in [0.4, 0.5) is 0 Å². The first-order valence-electron chi connectivity index (χ1n) is 6.50. The van der Waals surface area contributed by atoms with Gasteiger partial charge in [-0.2, -0.15) is 0 Å². The number of likely N-dealkylation sites (tertiary alicyclic amines) is 1. The van der Waals surface area contributed by atoms with Crippen LogP contribution in [0.25, 0.3) is 0 Å². The first-order chi connectivity index (χ1) is 9.58. The number of rotatable bonds is 3. The standard InChI is InChI=1S/C14H14N2O4/c1-9-6-7-15(9)8-12(17)20-16-13(18)10-4-2-3-5-11(10)14(16)19/h2-5,9H,6-8H2,1H3. The predicted octanol–water partition coefficient (Wildman–Crippen LogP) is 0.835. The number of fused-ring (bicyclic) bond motifs is 1. The third-order valence-electron chi connectivity index (χ3n) is 3.74. The summed E-state index contributed by atoms with van der Waals surface area (Å²) in [6.07, 6.45) is 1.04. The number of carbonyl (C=O) groups is 3. The highest BCUT2D eigenvalue weighted by Gasteiger charge is 2.39. The van der Waals surface area contributed by atoms with Gasteiger partial charge in [-0.1, -0.05) is 17.2 Å². The number of carbonyl (C=O) groups excluding carboxylic acids is 3. The molecule has 0 aromatic heterocycles. The summed E-state index contributed by atoms with van der Waals surface area (Å²) in [7, 11) is 0. The number of amides is 2. The van der Waals surface area contributed by atoms with Gasteiger partial charge in [-0.25, -0.2) is 4.79 Å². The minimum absolute atomic E-state index is 0.0918. The van der Waals surface area contributed by atoms with Gasteiger partial charge >= 0.3 is 5.97 Å². The Morgan fingerprint density at radius 1 is 1.25 bits per heavy atom. The Morgan fingerprint density at radius 2 is 1.85 bits per heavy atom. The zero-order valence-corrected chi connectivity index (χ0v) is 11.0. The van der Waals surface area contributed by atoms with E-state index in [1.54, 1.807) is 24.3 Å². The second-order valence-electron chi connectivity index (χ2n) is 5.02. The van der Waals surface area contributed by atoms with E-state index in [1.165, 1.54) is 0 Å². The molecule has 104 valence electrons. The van der Waals surface area contributed by atoms with E-state index in [-0.39, 0.29) is 17.7 Å². The molecule has 2 aliphatic heterocycles. The Kier molecular flexibility index (Phi) is 3.02. The van der Waals surface area contributed by atoms with Gasteiger partial charge in [-0.15, -0.1) is 0 Å². The molecule has 1 fully saturated rings. The van der Waals surface area contributed by atoms with Crippen molar-refractivity contribution in [3.63, 3.8) is 0 Å². The van der Waals surface area contributed by atoms with Crippen LogP contribution in [-0.4, -0.2) is 46.9 Å². The molecule has 1 aromatic carbocycles. The molecule has 2 aliphatic rings. The summed E-state index contributed by atoms with van der Waals surface area (Å²) in [5.74, 6) is -1.77. The van der Waals surface area contributed by atoms with Crippen molar-refractivity contribution < 1.29 is 19.2 Å². The highest BCUT2D eigenvalue weighted by atomic mass is 16.7. The van der Waals surface area contributed by atoms with Crippen LogP contribution < -0.4 is 0 Å². The fourth-order valence-electron chi connectivity index (χ4n) is 2.35. The van der Waals surface area contributed by atoms with Crippen molar-refractivity contribution in [2.45, 2.75) is 19.4 Å². The maximum absolute atomic E-state index is 12.0. The van der Waals surface area contributed by atoms with Crippen LogP contribution in [0.1, 0.15) is 34.1 Å². The minimum atomic E-state index is -0.592. The second-order valence-corrected chi connectivity index (χ2v) is 5.02. The van der Waals surface area contributed by atoms with Gasteiger partial charge in [0.2, 0.25) is 0 Å². The number of hydrogen-bond donors (Lipinski definition) is 0. The van der Waals surface area contributed by atoms with E-state index in [0.717, 1.165) is 13.0 Å². The fourth-order valence-corrected chi connectivity index (χ4v) is 2.35. The summed E-state index contributed by atoms with van der Waals surface area (Å²) < 4.78 is 0. The Balaban J connectivity index is 1.68. The summed E-state index contributed by atoms with van der Waals surface area (Å²) in [6.45, 7) is 2.94. The first kappa shape index (κ1) is 12.8. The molecule has 3 rings (SSSR count). The van der Waals surface area contributed by atoms with Gasteiger partial charge in [0, 0.05) is 12.6 Å². The van der Waals surface area contributed by atoms with Crippen molar-refractivity contribution in [2.75, 3.05) is 13.1 Å². The zero-order valence-electron chi connectivity index (χ0n) is 11.0. The molecule has 1 atom stereocenters. The Labute approximate surface area is 115 Å². The topological polar surface area (TPSA) is 66.9 Å². The molecule has 2 heterocycles. The third kappa shape index (κ3) is 1.98. The molecule has 20 heavy (non-hydrogen) atoms. The van der Waals surface area contributed by atoms with Crippen molar-refractivity contribution in [3.05, 3.63) is 35.4 Å². The lowest BCUT2D eigenvalue weighted by Gasteiger charge is -2.37. The van der Waals surface area contributed by atoms with Crippen molar-refractivity contribution in [1.29, 1.82) is 0 Å². The van der Waals surface area contributed by atoms with E-state index >= 15 is 0 Å². The molecule has 6 heteroatoms. The summed E-state index contributed by atoms with van der Waals surface area (Å²) >= 11 is 0. The number of benzene rings is 1. The van der Waals surface area contributed by atoms with Crippen molar-refractivity contribution in [1.82, 2.24) is 9.96 Å². The number of hydrogen-bond acceptors (Lipinski definition) is 5. The molecule has 1 unspecified atom stereocenters. The molecule has 6 nitrogen and oxygen atoms in total. The molecule has 2 amide bonds. The lowest BCUT2D eigenvalue weighted by Crippen LogP contribution is -2.49. The van der Waals surface area contributed by atoms with Gasteiger partial charge in [0.1, 0.15) is 0 Å². The van der Waals surface area contributed by atoms with Gasteiger partial charge in [0.25, 0.3) is 11.8 Å². The van der Waals surface area contributed by atoms with Crippen LogP contribution in [0, 0.1) is 0 Å². The maximum Gasteiger partial charge on any atom is 0.347 e. The minimum Gasteiger partial charge on any atom is -0.328 e. The monoisotopic (exact) mass is 274 g/mol. The summed E-state index contributed by atoms with van der Waals surface area (Å²) in [4.78, 5) is 42.6. The van der Waals surface area contributed by atoms with Crippen molar-refractivity contribution in [2.24, 2.45) is 0 Å². The zero-order chi connectivity index (χ0) is 14.3. The average Bonchev–Trinajstić information content (AvgIpc) is 2.69. The lowest BCUT2D eigenvalue weighted by atomic mass is 10.1. The summed E-state index contributed by atoms with van der Waals surface area (Å²) in [6, 6.07) is 6.75. The fraction of sp³-hybridized carbons (Fsp3) is 0.357. The molecule has 0 radical (unpaired) electrons. The highest BCUT2D eigenvalue weighted by Crippen LogP contribution is 2.23. The number of nitrogens with zero attached hydrogens (tertiary/aromatic N) is 2. The quantitative estimate of drug-likeness (QED) is 0.764. The highest BCUT2D eigenvalue weighted by molar-refractivity contribution is 6.20. The van der Waals surface area contributed by atoms with E-state index in [0.29, 0.717) is 11.1 Å². The van der Waals surface area contributed by atoms with Gasteiger partial charge in [-0.05, 0) is 25.5 Å². The van der Waals surface area contributed by atoms with E-state index in [9.17, 15) is 14.4 Å². The van der Waals surface area contributed by atoms with Gasteiger partial charge in [-0.3, -0.25) is 14.5 Å². The Morgan fingerprint density at radius 3 is 2.30 bits per heavy atom. The second kappa shape index (κ2) is 4.72. The Hall–Kier alpha value is -2.21.